The van der Waals surface area contributed by atoms with Gasteiger partial charge in [-0.05, 0) is 64.2 Å². The molecule has 0 bridgehead atoms. The summed E-state index contributed by atoms with van der Waals surface area (Å²) >= 11 is 0. The minimum atomic E-state index is -1.82. The molecular formula is C49H50N8O6Si. The van der Waals surface area contributed by atoms with Crippen molar-refractivity contribution in [2.75, 3.05) is 26.9 Å². The van der Waals surface area contributed by atoms with Gasteiger partial charge in [0.2, 0.25) is 5.91 Å². The molecule has 4 heterocycles. The minimum Gasteiger partial charge on any atom is -0.453 e. The number of carbonyl (C=O) groups excluding carboxylic acids is 4. The molecule has 9 rings (SSSR count). The summed E-state index contributed by atoms with van der Waals surface area (Å²) in [6.07, 6.45) is 2.68. The van der Waals surface area contributed by atoms with Crippen molar-refractivity contribution in [1.82, 2.24) is 40.4 Å². The number of benzene rings is 5. The van der Waals surface area contributed by atoms with Crippen LogP contribution in [0.2, 0.25) is 19.1 Å². The van der Waals surface area contributed by atoms with Crippen LogP contribution in [0.15, 0.2) is 121 Å². The van der Waals surface area contributed by atoms with E-state index in [1.54, 1.807) is 4.90 Å². The van der Waals surface area contributed by atoms with Gasteiger partial charge in [0.1, 0.15) is 23.7 Å². The predicted octanol–water partition coefficient (Wildman–Crippen LogP) is 8.76. The van der Waals surface area contributed by atoms with Crippen LogP contribution in [-0.2, 0) is 19.1 Å². The molecule has 2 fully saturated rings. The van der Waals surface area contributed by atoms with Gasteiger partial charge in [-0.2, -0.15) is 0 Å². The summed E-state index contributed by atoms with van der Waals surface area (Å²) in [7, 11) is 0.752. The van der Waals surface area contributed by atoms with Crippen molar-refractivity contribution in [3.8, 4) is 22.4 Å². The van der Waals surface area contributed by atoms with Crippen LogP contribution >= 0.6 is 0 Å². The number of aromatic nitrogens is 4. The van der Waals surface area contributed by atoms with E-state index in [0.717, 1.165) is 68.9 Å². The number of fused-ring (bicyclic) bond motifs is 3. The Kier molecular flexibility index (Phi) is 11.5. The summed E-state index contributed by atoms with van der Waals surface area (Å²) in [5, 5.41) is 7.56. The molecule has 2 saturated heterocycles. The lowest BCUT2D eigenvalue weighted by Crippen LogP contribution is -2.44. The molecule has 2 aliphatic rings. The van der Waals surface area contributed by atoms with E-state index in [1.807, 2.05) is 77.8 Å². The molecular weight excluding hydrogens is 825 g/mol. The first-order valence-corrected chi connectivity index (χ1v) is 24.9. The summed E-state index contributed by atoms with van der Waals surface area (Å²) in [5.74, 6) is 1.03. The number of likely N-dealkylation sites (tertiary alicyclic amines) is 1. The van der Waals surface area contributed by atoms with Crippen molar-refractivity contribution < 1.29 is 28.7 Å². The molecule has 326 valence electrons. The number of ether oxygens (including phenoxy) is 2. The van der Waals surface area contributed by atoms with Crippen molar-refractivity contribution in [3.63, 3.8) is 0 Å². The van der Waals surface area contributed by atoms with Crippen LogP contribution < -0.4 is 10.6 Å². The van der Waals surface area contributed by atoms with Crippen LogP contribution in [0.3, 0.4) is 0 Å². The second-order valence-electron chi connectivity index (χ2n) is 17.3. The van der Waals surface area contributed by atoms with Crippen molar-refractivity contribution >= 4 is 53.9 Å². The molecule has 0 unspecified atom stereocenters. The van der Waals surface area contributed by atoms with Gasteiger partial charge in [-0.3, -0.25) is 9.59 Å². The molecule has 5 aromatic carbocycles. The summed E-state index contributed by atoms with van der Waals surface area (Å²) < 4.78 is 9.75. The highest BCUT2D eigenvalue weighted by molar-refractivity contribution is 6.78. The first kappa shape index (κ1) is 42.1. The fourth-order valence-electron chi connectivity index (χ4n) is 9.27. The quantitative estimate of drug-likeness (QED) is 0.0987. The average molecular weight is 875 g/mol. The van der Waals surface area contributed by atoms with Crippen LogP contribution in [0.5, 0.6) is 0 Å². The molecule has 0 aliphatic carbocycles. The normalized spacial score (nSPS) is 17.9. The van der Waals surface area contributed by atoms with Gasteiger partial charge in [0, 0.05) is 18.1 Å². The van der Waals surface area contributed by atoms with Gasteiger partial charge in [0.25, 0.3) is 5.91 Å². The number of nitrogens with one attached hydrogen (secondary N) is 4. The van der Waals surface area contributed by atoms with E-state index >= 15 is 0 Å². The molecule has 0 saturated carbocycles. The Morgan fingerprint density at radius 1 is 0.703 bits per heavy atom. The first-order valence-electron chi connectivity index (χ1n) is 21.5. The second kappa shape index (κ2) is 17.5. The average Bonchev–Trinajstić information content (AvgIpc) is 4.16. The monoisotopic (exact) mass is 874 g/mol. The zero-order chi connectivity index (χ0) is 44.5. The fourth-order valence-corrected chi connectivity index (χ4v) is 12.2. The van der Waals surface area contributed by atoms with E-state index in [9.17, 15) is 19.2 Å². The van der Waals surface area contributed by atoms with E-state index in [2.05, 4.69) is 82.2 Å². The zero-order valence-electron chi connectivity index (χ0n) is 36.1. The lowest BCUT2D eigenvalue weighted by atomic mass is 9.99. The van der Waals surface area contributed by atoms with Crippen LogP contribution in [0, 0.1) is 0 Å². The van der Waals surface area contributed by atoms with Crippen LogP contribution in [-0.4, -0.2) is 88.7 Å². The highest BCUT2D eigenvalue weighted by atomic mass is 28.3. The summed E-state index contributed by atoms with van der Waals surface area (Å²) in [6.45, 7) is 5.09. The number of hydrogen-bond donors (Lipinski definition) is 4. The van der Waals surface area contributed by atoms with E-state index in [4.69, 9.17) is 19.4 Å². The van der Waals surface area contributed by atoms with Crippen LogP contribution in [0.1, 0.15) is 59.8 Å². The summed E-state index contributed by atoms with van der Waals surface area (Å²) in [5.41, 5.74) is 7.00. The Labute approximate surface area is 371 Å². The fraction of sp³-hybridized carbons (Fsp3) is 0.265. The van der Waals surface area contributed by atoms with Gasteiger partial charge >= 0.3 is 12.2 Å². The van der Waals surface area contributed by atoms with Gasteiger partial charge in [-0.25, -0.2) is 19.6 Å². The van der Waals surface area contributed by atoms with Crippen molar-refractivity contribution in [1.29, 1.82) is 0 Å². The molecule has 14 nitrogen and oxygen atoms in total. The van der Waals surface area contributed by atoms with Gasteiger partial charge < -0.3 is 39.9 Å². The zero-order valence-corrected chi connectivity index (χ0v) is 37.1. The van der Waals surface area contributed by atoms with Gasteiger partial charge in [-0.1, -0.05) is 116 Å². The standard InChI is InChI=1S/C49H50N8O6Si/c1-62-48(60)54-41(32-12-7-5-8-13-32)46(58)56-25-11-16-39(56)45-51-37-24-22-35-26-34(21-23-36(35)43(37)53-45)30-17-19-31(20-18-30)38-27-50-44(52-38)40-28-64(3,4)29-57(40)47(59)42(55-49(61)63-2)33-14-9-6-10-15-33/h5-10,12-15,17-24,26-27,39-42H,11,16,25,28-29H2,1-4H3,(H,50,52)(H,51,53)(H,54,60)(H,55,61)/t39-,40-,41+,42+/m0/s1. The molecule has 7 aromatic rings. The number of alkyl carbamates (subject to hydrolysis) is 2. The number of H-pyrrole nitrogens is 2. The highest BCUT2D eigenvalue weighted by Gasteiger charge is 2.45. The Morgan fingerprint density at radius 3 is 1.95 bits per heavy atom. The Balaban J connectivity index is 0.929. The summed E-state index contributed by atoms with van der Waals surface area (Å²) in [4.78, 5) is 73.6. The van der Waals surface area contributed by atoms with E-state index in [-0.39, 0.29) is 23.9 Å². The Hall–Kier alpha value is -7.26. The van der Waals surface area contributed by atoms with Gasteiger partial charge in [0.05, 0.1) is 57.3 Å². The SMILES string of the molecule is COC(=O)N[C@@H](C(=O)N1C[Si](C)(C)C[C@H]1c1ncc(-c2ccc(-c3ccc4c(ccc5nc([C@@H]6CCCN6C(=O)[C@H](NC(=O)OC)c6ccccc6)[nH]c54)c3)cc2)[nH]1)c1ccccc1. The third-order valence-electron chi connectivity index (χ3n) is 12.4. The lowest BCUT2D eigenvalue weighted by Gasteiger charge is -2.29. The number of methoxy groups -OCH3 is 2. The van der Waals surface area contributed by atoms with Crippen LogP contribution in [0.4, 0.5) is 9.59 Å². The van der Waals surface area contributed by atoms with Crippen molar-refractivity contribution in [2.45, 2.75) is 56.1 Å². The Bertz CT molecular complexity index is 2850. The molecule has 2 aliphatic heterocycles. The third kappa shape index (κ3) is 8.33. The van der Waals surface area contributed by atoms with Crippen molar-refractivity contribution in [3.05, 3.63) is 144 Å². The molecule has 0 radical (unpaired) electrons. The number of nitrogens with zero attached hydrogens (tertiary/aromatic N) is 4. The maximum atomic E-state index is 14.3. The maximum Gasteiger partial charge on any atom is 0.407 e. The molecule has 15 heteroatoms. The number of amides is 4. The number of imidazole rings is 2. The third-order valence-corrected chi connectivity index (χ3v) is 15.1. The molecule has 4 N–H and O–H groups in total. The largest absolute Gasteiger partial charge is 0.453 e. The van der Waals surface area contributed by atoms with Gasteiger partial charge in [-0.15, -0.1) is 0 Å². The number of hydrogen-bond acceptors (Lipinski definition) is 8. The predicted molar refractivity (Wildman–Crippen MR) is 246 cm³/mol. The van der Waals surface area contributed by atoms with Crippen molar-refractivity contribution in [2.24, 2.45) is 0 Å². The van der Waals surface area contributed by atoms with E-state index in [0.29, 0.717) is 29.7 Å². The van der Waals surface area contributed by atoms with E-state index in [1.165, 1.54) is 14.2 Å². The smallest absolute Gasteiger partial charge is 0.407 e. The molecule has 4 atom stereocenters. The highest BCUT2D eigenvalue weighted by Crippen LogP contribution is 2.40. The molecule has 2 aromatic heterocycles. The Morgan fingerprint density at radius 2 is 1.31 bits per heavy atom. The maximum absolute atomic E-state index is 14.3. The number of carbonyl (C=O) groups is 4. The first-order chi connectivity index (χ1) is 31.0. The molecule has 0 spiro atoms. The molecule has 4 amide bonds. The summed E-state index contributed by atoms with van der Waals surface area (Å²) in [6, 6.07) is 35.7. The number of rotatable bonds is 10. The lowest BCUT2D eigenvalue weighted by molar-refractivity contribution is -0.135. The molecule has 64 heavy (non-hydrogen) atoms. The van der Waals surface area contributed by atoms with Crippen LogP contribution in [0.25, 0.3) is 44.2 Å². The number of aromatic amines is 2. The topological polar surface area (TPSA) is 175 Å². The van der Waals surface area contributed by atoms with Gasteiger partial charge in [0.15, 0.2) is 0 Å². The van der Waals surface area contributed by atoms with E-state index < -0.39 is 32.3 Å². The second-order valence-corrected chi connectivity index (χ2v) is 22.3. The minimum absolute atomic E-state index is 0.193.